The molecule has 2 aromatic heterocycles. The topological polar surface area (TPSA) is 135 Å². The van der Waals surface area contributed by atoms with Gasteiger partial charge in [-0.05, 0) is 6.92 Å². The Labute approximate surface area is 93.9 Å². The summed E-state index contributed by atoms with van der Waals surface area (Å²) < 4.78 is 0. The highest BCUT2D eigenvalue weighted by molar-refractivity contribution is 5.78. The molecule has 0 aliphatic heterocycles. The number of aromatic amines is 2. The lowest BCUT2D eigenvalue weighted by atomic mass is 10.2. The van der Waals surface area contributed by atoms with Crippen molar-refractivity contribution in [2.75, 3.05) is 5.73 Å². The first-order chi connectivity index (χ1) is 7.97. The van der Waals surface area contributed by atoms with E-state index in [0.717, 1.165) is 0 Å². The van der Waals surface area contributed by atoms with E-state index in [0.29, 0.717) is 0 Å². The van der Waals surface area contributed by atoms with Crippen LogP contribution in [0.1, 0.15) is 12.6 Å². The zero-order valence-corrected chi connectivity index (χ0v) is 8.90. The van der Waals surface area contributed by atoms with Crippen molar-refractivity contribution >= 4 is 22.9 Å². The predicted molar refractivity (Wildman–Crippen MR) is 59.6 cm³/mol. The molecule has 8 nitrogen and oxygen atoms in total. The summed E-state index contributed by atoms with van der Waals surface area (Å²) >= 11 is 0. The third-order valence-corrected chi connectivity index (χ3v) is 2.07. The van der Waals surface area contributed by atoms with Crippen LogP contribution in [0.3, 0.4) is 0 Å². The van der Waals surface area contributed by atoms with Gasteiger partial charge in [0.25, 0.3) is 11.1 Å². The van der Waals surface area contributed by atoms with Gasteiger partial charge in [0.2, 0.25) is 5.95 Å². The summed E-state index contributed by atoms with van der Waals surface area (Å²) in [6, 6.07) is 0. The Morgan fingerprint density at radius 1 is 1.24 bits per heavy atom. The number of carbonyl (C=O) groups is 1. The van der Waals surface area contributed by atoms with Crippen molar-refractivity contribution < 1.29 is 4.79 Å². The molecule has 0 atom stereocenters. The van der Waals surface area contributed by atoms with E-state index in [1.165, 1.54) is 6.92 Å². The summed E-state index contributed by atoms with van der Waals surface area (Å²) in [5.74, 6) is -0.332. The van der Waals surface area contributed by atoms with Gasteiger partial charge in [0.1, 0.15) is 11.5 Å². The van der Waals surface area contributed by atoms with Crippen LogP contribution >= 0.6 is 0 Å². The lowest BCUT2D eigenvalue weighted by Gasteiger charge is -2.00. The highest BCUT2D eigenvalue weighted by Crippen LogP contribution is 2.00. The lowest BCUT2D eigenvalue weighted by Crippen LogP contribution is -2.22. The fourth-order valence-electron chi connectivity index (χ4n) is 1.40. The molecule has 0 saturated carbocycles. The number of nitrogen functional groups attached to an aromatic ring is 1. The molecule has 0 amide bonds. The van der Waals surface area contributed by atoms with E-state index < -0.39 is 11.1 Å². The minimum atomic E-state index is -0.562. The number of rotatable bonds is 2. The van der Waals surface area contributed by atoms with Crippen LogP contribution in [0.2, 0.25) is 0 Å². The van der Waals surface area contributed by atoms with E-state index in [4.69, 9.17) is 5.73 Å². The quantitative estimate of drug-likeness (QED) is 0.593. The standard InChI is InChI=1S/C9H9N5O3/c1-3(15)2-4-7(16)12-6-5(11-4)8(17)14-9(10)13-6/h2H2,1H3,(H4,10,12,13,14,16,17). The van der Waals surface area contributed by atoms with Crippen molar-refractivity contribution in [3.63, 3.8) is 0 Å². The predicted octanol–water partition coefficient (Wildman–Crippen LogP) is -1.28. The summed E-state index contributed by atoms with van der Waals surface area (Å²) in [5.41, 5.74) is 4.16. The van der Waals surface area contributed by atoms with E-state index in [2.05, 4.69) is 19.9 Å². The van der Waals surface area contributed by atoms with Crippen molar-refractivity contribution in [2.24, 2.45) is 0 Å². The first-order valence-corrected chi connectivity index (χ1v) is 4.75. The molecule has 2 aromatic rings. The smallest absolute Gasteiger partial charge is 0.280 e. The number of anilines is 1. The maximum atomic E-state index is 11.5. The highest BCUT2D eigenvalue weighted by Gasteiger charge is 2.10. The number of nitrogens with two attached hydrogens (primary N) is 1. The Hall–Kier alpha value is -2.51. The highest BCUT2D eigenvalue weighted by atomic mass is 16.1. The van der Waals surface area contributed by atoms with Gasteiger partial charge >= 0.3 is 0 Å². The van der Waals surface area contributed by atoms with Crippen LogP contribution in [-0.2, 0) is 11.2 Å². The fraction of sp³-hybridized carbons (Fsp3) is 0.222. The first kappa shape index (κ1) is 11.0. The number of ketones is 1. The van der Waals surface area contributed by atoms with Crippen LogP contribution in [-0.4, -0.2) is 25.7 Å². The van der Waals surface area contributed by atoms with Crippen LogP contribution in [0.4, 0.5) is 5.95 Å². The Balaban J connectivity index is 2.76. The van der Waals surface area contributed by atoms with Crippen LogP contribution in [0.5, 0.6) is 0 Å². The first-order valence-electron chi connectivity index (χ1n) is 4.75. The van der Waals surface area contributed by atoms with Gasteiger partial charge in [0.05, 0.1) is 6.42 Å². The molecular formula is C9H9N5O3. The van der Waals surface area contributed by atoms with Gasteiger partial charge in [-0.25, -0.2) is 4.98 Å². The molecule has 0 aliphatic carbocycles. The van der Waals surface area contributed by atoms with Gasteiger partial charge in [-0.3, -0.25) is 19.4 Å². The van der Waals surface area contributed by atoms with Crippen molar-refractivity contribution in [1.82, 2.24) is 19.9 Å². The molecule has 0 spiro atoms. The molecule has 0 fully saturated rings. The van der Waals surface area contributed by atoms with Gasteiger partial charge in [0.15, 0.2) is 11.2 Å². The fourth-order valence-corrected chi connectivity index (χ4v) is 1.40. The largest absolute Gasteiger partial charge is 0.369 e. The summed E-state index contributed by atoms with van der Waals surface area (Å²) in [7, 11) is 0. The van der Waals surface area contributed by atoms with Crippen LogP contribution < -0.4 is 16.9 Å². The van der Waals surface area contributed by atoms with E-state index in [1.807, 2.05) is 0 Å². The molecule has 2 rings (SSSR count). The number of nitrogens with one attached hydrogen (secondary N) is 2. The summed E-state index contributed by atoms with van der Waals surface area (Å²) in [4.78, 5) is 46.1. The molecule has 8 heteroatoms. The number of nitrogens with zero attached hydrogens (tertiary/aromatic N) is 2. The summed E-state index contributed by atoms with van der Waals surface area (Å²) in [5, 5.41) is 0. The number of aromatic nitrogens is 4. The maximum Gasteiger partial charge on any atom is 0.280 e. The van der Waals surface area contributed by atoms with E-state index in [1.54, 1.807) is 0 Å². The number of hydrogen-bond acceptors (Lipinski definition) is 6. The molecule has 0 aliphatic rings. The molecule has 0 saturated heterocycles. The van der Waals surface area contributed by atoms with Crippen molar-refractivity contribution in [3.05, 3.63) is 26.4 Å². The van der Waals surface area contributed by atoms with Crippen LogP contribution in [0.15, 0.2) is 9.59 Å². The van der Waals surface area contributed by atoms with Gasteiger partial charge in [-0.2, -0.15) is 4.98 Å². The van der Waals surface area contributed by atoms with E-state index in [-0.39, 0.29) is 35.0 Å². The molecule has 0 aromatic carbocycles. The summed E-state index contributed by atoms with van der Waals surface area (Å²) in [6.45, 7) is 1.33. The second-order valence-electron chi connectivity index (χ2n) is 3.54. The third-order valence-electron chi connectivity index (χ3n) is 2.07. The maximum absolute atomic E-state index is 11.5. The zero-order valence-electron chi connectivity index (χ0n) is 8.90. The SMILES string of the molecule is CC(=O)Cc1nc2c(=O)[nH]c(N)nc2[nH]c1=O. The van der Waals surface area contributed by atoms with E-state index in [9.17, 15) is 14.4 Å². The molecule has 0 unspecified atom stereocenters. The Bertz CT molecular complexity index is 715. The zero-order chi connectivity index (χ0) is 12.6. The number of hydrogen-bond donors (Lipinski definition) is 3. The van der Waals surface area contributed by atoms with Gasteiger partial charge in [0, 0.05) is 0 Å². The lowest BCUT2D eigenvalue weighted by molar-refractivity contribution is -0.116. The Morgan fingerprint density at radius 3 is 2.59 bits per heavy atom. The van der Waals surface area contributed by atoms with Crippen molar-refractivity contribution in [3.8, 4) is 0 Å². The van der Waals surface area contributed by atoms with Crippen molar-refractivity contribution in [1.29, 1.82) is 0 Å². The number of fused-ring (bicyclic) bond motifs is 1. The van der Waals surface area contributed by atoms with Crippen LogP contribution in [0.25, 0.3) is 11.2 Å². The Morgan fingerprint density at radius 2 is 1.94 bits per heavy atom. The average molecular weight is 235 g/mol. The molecule has 2 heterocycles. The number of carbonyl (C=O) groups excluding carboxylic acids is 1. The minimum absolute atomic E-state index is 0.00329. The van der Waals surface area contributed by atoms with Gasteiger partial charge in [-0.1, -0.05) is 0 Å². The normalized spacial score (nSPS) is 10.6. The molecule has 0 radical (unpaired) electrons. The van der Waals surface area contributed by atoms with Crippen LogP contribution in [0, 0.1) is 0 Å². The molecule has 88 valence electrons. The minimum Gasteiger partial charge on any atom is -0.369 e. The molecule has 0 bridgehead atoms. The number of Topliss-reactive ketones (excluding diaryl/α,β-unsaturated/α-hetero) is 1. The molecular weight excluding hydrogens is 226 g/mol. The average Bonchev–Trinajstić information content (AvgIpc) is 2.19. The monoisotopic (exact) mass is 235 g/mol. The number of H-pyrrole nitrogens is 2. The Kier molecular flexibility index (Phi) is 2.47. The third kappa shape index (κ3) is 2.05. The second kappa shape index (κ2) is 3.81. The van der Waals surface area contributed by atoms with Gasteiger partial charge < -0.3 is 10.7 Å². The van der Waals surface area contributed by atoms with E-state index >= 15 is 0 Å². The van der Waals surface area contributed by atoms with Crippen molar-refractivity contribution in [2.45, 2.75) is 13.3 Å². The molecule has 17 heavy (non-hydrogen) atoms. The molecule has 4 N–H and O–H groups in total. The van der Waals surface area contributed by atoms with Gasteiger partial charge in [-0.15, -0.1) is 0 Å². The summed E-state index contributed by atoms with van der Waals surface area (Å²) in [6.07, 6.45) is -0.130. The second-order valence-corrected chi connectivity index (χ2v) is 3.54.